The van der Waals surface area contributed by atoms with E-state index < -0.39 is 11.5 Å². The molecule has 1 heterocycles. The van der Waals surface area contributed by atoms with Gasteiger partial charge in [-0.05, 0) is 24.5 Å². The minimum absolute atomic E-state index is 0.262. The van der Waals surface area contributed by atoms with Crippen molar-refractivity contribution in [1.82, 2.24) is 0 Å². The number of carbonyl (C=O) groups excluding carboxylic acids is 2. The third-order valence-corrected chi connectivity index (χ3v) is 4.57. The number of ketones is 1. The maximum atomic E-state index is 12.4. The van der Waals surface area contributed by atoms with Gasteiger partial charge in [0.1, 0.15) is 0 Å². The monoisotopic (exact) mass is 313 g/mol. The van der Waals surface area contributed by atoms with Crippen LogP contribution in [-0.4, -0.2) is 23.1 Å². The van der Waals surface area contributed by atoms with Gasteiger partial charge in [-0.25, -0.2) is 0 Å². The number of Topliss-reactive ketones (excluding diaryl/α,β-unsaturated/α-hetero) is 1. The zero-order chi connectivity index (χ0) is 15.7. The van der Waals surface area contributed by atoms with Crippen molar-refractivity contribution < 1.29 is 14.7 Å². The van der Waals surface area contributed by atoms with Gasteiger partial charge in [0, 0.05) is 21.7 Å². The van der Waals surface area contributed by atoms with Gasteiger partial charge in [-0.1, -0.05) is 30.3 Å². The second-order valence-corrected chi connectivity index (χ2v) is 6.07. The molecule has 0 unspecified atom stereocenters. The molecule has 0 aliphatic carbocycles. The summed E-state index contributed by atoms with van der Waals surface area (Å²) in [6, 6.07) is 14.0. The lowest BCUT2D eigenvalue weighted by Crippen LogP contribution is -2.36. The molecule has 22 heavy (non-hydrogen) atoms. The molecule has 0 fully saturated rings. The molecule has 1 aliphatic heterocycles. The maximum Gasteiger partial charge on any atom is 0.261 e. The number of anilines is 1. The topological polar surface area (TPSA) is 66.4 Å². The van der Waals surface area contributed by atoms with Crippen LogP contribution in [0.4, 0.5) is 5.69 Å². The Morgan fingerprint density at radius 1 is 1.18 bits per heavy atom. The Morgan fingerprint density at radius 2 is 1.86 bits per heavy atom. The van der Waals surface area contributed by atoms with Crippen molar-refractivity contribution in [2.24, 2.45) is 0 Å². The fourth-order valence-corrected chi connectivity index (χ4v) is 3.00. The van der Waals surface area contributed by atoms with Gasteiger partial charge in [0.15, 0.2) is 11.4 Å². The average molecular weight is 313 g/mol. The van der Waals surface area contributed by atoms with Crippen LogP contribution >= 0.6 is 11.8 Å². The molecule has 2 aromatic rings. The fraction of sp³-hybridized carbons (Fsp3) is 0.176. The number of para-hydroxylation sites is 1. The van der Waals surface area contributed by atoms with E-state index in [0.717, 1.165) is 4.90 Å². The van der Waals surface area contributed by atoms with Crippen LogP contribution in [0.5, 0.6) is 0 Å². The molecule has 5 heteroatoms. The van der Waals surface area contributed by atoms with Crippen molar-refractivity contribution >= 4 is 29.1 Å². The van der Waals surface area contributed by atoms with Crippen molar-refractivity contribution in [3.63, 3.8) is 0 Å². The summed E-state index contributed by atoms with van der Waals surface area (Å²) >= 11 is 1.59. The average Bonchev–Trinajstić information content (AvgIpc) is 2.79. The molecular weight excluding hydrogens is 298 g/mol. The zero-order valence-corrected chi connectivity index (χ0v) is 12.8. The summed E-state index contributed by atoms with van der Waals surface area (Å²) in [7, 11) is 0. The van der Waals surface area contributed by atoms with Crippen LogP contribution in [-0.2, 0) is 10.4 Å². The van der Waals surface area contributed by atoms with Gasteiger partial charge in [0.05, 0.1) is 6.42 Å². The Bertz CT molecular complexity index is 742. The minimum Gasteiger partial charge on any atom is -0.375 e. The molecule has 2 N–H and O–H groups in total. The molecule has 4 nitrogen and oxygen atoms in total. The number of rotatable bonds is 4. The van der Waals surface area contributed by atoms with Gasteiger partial charge in [0.25, 0.3) is 5.91 Å². The molecule has 1 atom stereocenters. The van der Waals surface area contributed by atoms with E-state index in [1.807, 2.05) is 18.4 Å². The fourth-order valence-electron chi connectivity index (χ4n) is 2.59. The lowest BCUT2D eigenvalue weighted by molar-refractivity contribution is -0.133. The van der Waals surface area contributed by atoms with E-state index in [4.69, 9.17) is 0 Å². The van der Waals surface area contributed by atoms with Gasteiger partial charge in [0.2, 0.25) is 0 Å². The van der Waals surface area contributed by atoms with Crippen LogP contribution in [0.1, 0.15) is 22.3 Å². The van der Waals surface area contributed by atoms with Gasteiger partial charge in [-0.2, -0.15) is 0 Å². The van der Waals surface area contributed by atoms with Crippen LogP contribution in [0.2, 0.25) is 0 Å². The van der Waals surface area contributed by atoms with E-state index in [2.05, 4.69) is 5.32 Å². The molecule has 0 spiro atoms. The van der Waals surface area contributed by atoms with Crippen LogP contribution < -0.4 is 5.32 Å². The van der Waals surface area contributed by atoms with Crippen LogP contribution in [0, 0.1) is 0 Å². The summed E-state index contributed by atoms with van der Waals surface area (Å²) in [5.41, 5.74) is -0.302. The molecule has 0 radical (unpaired) electrons. The first-order chi connectivity index (χ1) is 10.5. The molecular formula is C17H15NO3S. The molecule has 112 valence electrons. The molecule has 1 aliphatic rings. The molecule has 0 aromatic heterocycles. The molecule has 2 aromatic carbocycles. The highest BCUT2D eigenvalue weighted by Gasteiger charge is 2.46. The number of thioether (sulfide) groups is 1. The minimum atomic E-state index is -1.80. The van der Waals surface area contributed by atoms with E-state index in [1.54, 1.807) is 48.2 Å². The maximum absolute atomic E-state index is 12.4. The largest absolute Gasteiger partial charge is 0.375 e. The number of aliphatic hydroxyl groups is 1. The van der Waals surface area contributed by atoms with Gasteiger partial charge < -0.3 is 10.4 Å². The van der Waals surface area contributed by atoms with E-state index in [0.29, 0.717) is 16.8 Å². The van der Waals surface area contributed by atoms with Gasteiger partial charge >= 0.3 is 0 Å². The Kier molecular flexibility index (Phi) is 3.76. The third kappa shape index (κ3) is 2.42. The number of amides is 1. The first-order valence-corrected chi connectivity index (χ1v) is 8.07. The quantitative estimate of drug-likeness (QED) is 0.673. The number of benzene rings is 2. The molecule has 0 saturated carbocycles. The van der Waals surface area contributed by atoms with Crippen molar-refractivity contribution in [3.05, 3.63) is 59.7 Å². The highest BCUT2D eigenvalue weighted by molar-refractivity contribution is 7.98. The smallest absolute Gasteiger partial charge is 0.261 e. The molecule has 0 bridgehead atoms. The lowest BCUT2D eigenvalue weighted by Gasteiger charge is -2.20. The highest BCUT2D eigenvalue weighted by Crippen LogP contribution is 2.38. The summed E-state index contributed by atoms with van der Waals surface area (Å²) in [6.45, 7) is 0. The van der Waals surface area contributed by atoms with E-state index >= 15 is 0 Å². The Balaban J connectivity index is 1.88. The second-order valence-electron chi connectivity index (χ2n) is 5.19. The predicted molar refractivity (Wildman–Crippen MR) is 86.1 cm³/mol. The normalized spacial score (nSPS) is 19.6. The number of hydrogen-bond acceptors (Lipinski definition) is 4. The van der Waals surface area contributed by atoms with Crippen LogP contribution in [0.25, 0.3) is 0 Å². The van der Waals surface area contributed by atoms with E-state index in [-0.39, 0.29) is 12.2 Å². The van der Waals surface area contributed by atoms with Crippen molar-refractivity contribution in [2.45, 2.75) is 16.9 Å². The SMILES string of the molecule is CSc1ccc(C(=O)C[C@]2(O)C(=O)Nc3ccccc32)cc1. The summed E-state index contributed by atoms with van der Waals surface area (Å²) in [5, 5.41) is 13.3. The summed E-state index contributed by atoms with van der Waals surface area (Å²) in [6.07, 6.45) is 1.69. The highest BCUT2D eigenvalue weighted by atomic mass is 32.2. The lowest BCUT2D eigenvalue weighted by atomic mass is 9.88. The number of nitrogens with one attached hydrogen (secondary N) is 1. The predicted octanol–water partition coefficient (Wildman–Crippen LogP) is 2.82. The first kappa shape index (κ1) is 14.8. The second kappa shape index (κ2) is 5.59. The number of carbonyl (C=O) groups is 2. The van der Waals surface area contributed by atoms with E-state index in [9.17, 15) is 14.7 Å². The van der Waals surface area contributed by atoms with E-state index in [1.165, 1.54) is 0 Å². The zero-order valence-electron chi connectivity index (χ0n) is 12.0. The Labute approximate surface area is 132 Å². The van der Waals surface area contributed by atoms with Crippen molar-refractivity contribution in [2.75, 3.05) is 11.6 Å². The molecule has 0 saturated heterocycles. The number of hydrogen-bond donors (Lipinski definition) is 2. The first-order valence-electron chi connectivity index (χ1n) is 6.85. The number of fused-ring (bicyclic) bond motifs is 1. The summed E-state index contributed by atoms with van der Waals surface area (Å²) in [4.78, 5) is 25.6. The Morgan fingerprint density at radius 3 is 2.55 bits per heavy atom. The third-order valence-electron chi connectivity index (χ3n) is 3.82. The van der Waals surface area contributed by atoms with Gasteiger partial charge in [-0.3, -0.25) is 9.59 Å². The Hall–Kier alpha value is -2.11. The molecule has 1 amide bonds. The standard InChI is InChI=1S/C17H15NO3S/c1-22-12-8-6-11(7-9-12)15(19)10-17(21)13-4-2-3-5-14(13)18-16(17)20/h2-9,21H,10H2,1H3,(H,18,20)/t17-/m1/s1. The summed E-state index contributed by atoms with van der Waals surface area (Å²) in [5.74, 6) is -0.815. The van der Waals surface area contributed by atoms with Crippen molar-refractivity contribution in [3.8, 4) is 0 Å². The van der Waals surface area contributed by atoms with Crippen LogP contribution in [0.3, 0.4) is 0 Å². The van der Waals surface area contributed by atoms with Crippen LogP contribution in [0.15, 0.2) is 53.4 Å². The molecule has 3 rings (SSSR count). The van der Waals surface area contributed by atoms with Crippen molar-refractivity contribution in [1.29, 1.82) is 0 Å². The van der Waals surface area contributed by atoms with Gasteiger partial charge in [-0.15, -0.1) is 11.8 Å². The summed E-state index contributed by atoms with van der Waals surface area (Å²) < 4.78 is 0.